The lowest BCUT2D eigenvalue weighted by Crippen LogP contribution is -1.89. The maximum atomic E-state index is 3.70. The first-order chi connectivity index (χ1) is 4.38. The van der Waals surface area contributed by atoms with Gasteiger partial charge in [0.2, 0.25) is 5.16 Å². The van der Waals surface area contributed by atoms with E-state index in [0.717, 1.165) is 5.16 Å². The fourth-order valence-corrected chi connectivity index (χ4v) is 0.851. The van der Waals surface area contributed by atoms with Crippen molar-refractivity contribution in [2.24, 2.45) is 0 Å². The van der Waals surface area contributed by atoms with E-state index in [2.05, 4.69) is 22.1 Å². The van der Waals surface area contributed by atoms with E-state index in [9.17, 15) is 0 Å². The van der Waals surface area contributed by atoms with Crippen LogP contribution < -0.4 is 0 Å². The third kappa shape index (κ3) is 1.10. The minimum absolute atomic E-state index is 0.755. The van der Waals surface area contributed by atoms with Gasteiger partial charge >= 0.3 is 0 Å². The minimum atomic E-state index is 0.755. The normalized spacial score (nSPS) is 9.44. The van der Waals surface area contributed by atoms with E-state index in [4.69, 9.17) is 0 Å². The molecule has 0 atom stereocenters. The first kappa shape index (κ1) is 6.28. The van der Waals surface area contributed by atoms with Crippen molar-refractivity contribution in [2.45, 2.75) is 5.16 Å². The molecular formula is C4H6N4S. The molecular weight excluding hydrogens is 136 g/mol. The van der Waals surface area contributed by atoms with Crippen LogP contribution >= 0.6 is 11.8 Å². The zero-order valence-corrected chi connectivity index (χ0v) is 5.80. The number of aromatic nitrogens is 4. The lowest BCUT2D eigenvalue weighted by Gasteiger charge is -1.88. The largest absolute Gasteiger partial charge is 0.213 e. The Morgan fingerprint density at radius 2 is 2.56 bits per heavy atom. The Hall–Kier alpha value is -0.840. The lowest BCUT2D eigenvalue weighted by atomic mass is 11.0. The van der Waals surface area contributed by atoms with Gasteiger partial charge in [0, 0.05) is 6.20 Å². The molecule has 48 valence electrons. The Morgan fingerprint density at radius 3 is 3.00 bits per heavy atom. The van der Waals surface area contributed by atoms with E-state index >= 15 is 0 Å². The van der Waals surface area contributed by atoms with Crippen molar-refractivity contribution in [3.63, 3.8) is 0 Å². The maximum Gasteiger partial charge on any atom is 0.213 e. The van der Waals surface area contributed by atoms with Crippen LogP contribution in [0.1, 0.15) is 0 Å². The summed E-state index contributed by atoms with van der Waals surface area (Å²) < 4.78 is 1.52. The third-order valence-electron chi connectivity index (χ3n) is 0.818. The summed E-state index contributed by atoms with van der Waals surface area (Å²) in [5.74, 6) is 0. The predicted octanol–water partition coefficient (Wildman–Crippen LogP) is 0.495. The van der Waals surface area contributed by atoms with Crippen molar-refractivity contribution in [1.29, 1.82) is 0 Å². The highest BCUT2D eigenvalue weighted by Crippen LogP contribution is 2.07. The van der Waals surface area contributed by atoms with Crippen molar-refractivity contribution in [3.8, 4) is 0 Å². The predicted molar refractivity (Wildman–Crippen MR) is 36.0 cm³/mol. The van der Waals surface area contributed by atoms with Crippen LogP contribution in [-0.2, 0) is 0 Å². The smallest absolute Gasteiger partial charge is 0.196 e. The molecule has 5 heteroatoms. The summed E-state index contributed by atoms with van der Waals surface area (Å²) in [5, 5.41) is 11.5. The molecule has 0 spiro atoms. The van der Waals surface area contributed by atoms with Gasteiger partial charge in [-0.15, -0.1) is 5.10 Å². The SMILES string of the molecule is C=Cn1nnnc1SC. The van der Waals surface area contributed by atoms with E-state index in [1.165, 1.54) is 16.4 Å². The molecule has 1 aromatic rings. The Morgan fingerprint density at radius 1 is 1.78 bits per heavy atom. The van der Waals surface area contributed by atoms with Crippen LogP contribution in [0, 0.1) is 0 Å². The van der Waals surface area contributed by atoms with Crippen LogP contribution in [0.2, 0.25) is 0 Å². The molecule has 0 aliphatic carbocycles. The van der Waals surface area contributed by atoms with Crippen LogP contribution in [0.25, 0.3) is 6.20 Å². The Kier molecular flexibility index (Phi) is 1.84. The molecule has 0 bridgehead atoms. The second-order valence-corrected chi connectivity index (χ2v) is 2.07. The van der Waals surface area contributed by atoms with Gasteiger partial charge < -0.3 is 0 Å². The second kappa shape index (κ2) is 2.63. The van der Waals surface area contributed by atoms with Gasteiger partial charge in [-0.2, -0.15) is 4.68 Å². The molecule has 4 nitrogen and oxygen atoms in total. The molecule has 0 N–H and O–H groups in total. The fourth-order valence-electron chi connectivity index (χ4n) is 0.434. The van der Waals surface area contributed by atoms with Crippen LogP contribution in [0.3, 0.4) is 0 Å². The standard InChI is InChI=1S/C4H6N4S/c1-3-8-4(9-2)5-6-7-8/h3H,1H2,2H3. The van der Waals surface area contributed by atoms with Crippen molar-refractivity contribution in [2.75, 3.05) is 6.26 Å². The summed E-state index contributed by atoms with van der Waals surface area (Å²) in [5.41, 5.74) is 0. The quantitative estimate of drug-likeness (QED) is 0.564. The molecule has 0 saturated heterocycles. The van der Waals surface area contributed by atoms with Crippen LogP contribution in [0.4, 0.5) is 0 Å². The molecule has 0 aliphatic heterocycles. The number of hydrogen-bond donors (Lipinski definition) is 0. The van der Waals surface area contributed by atoms with Crippen LogP contribution in [-0.4, -0.2) is 26.5 Å². The van der Waals surface area contributed by atoms with Crippen molar-refractivity contribution in [1.82, 2.24) is 20.2 Å². The number of tetrazole rings is 1. The Bertz CT molecular complexity index is 206. The highest BCUT2D eigenvalue weighted by atomic mass is 32.2. The van der Waals surface area contributed by atoms with E-state index < -0.39 is 0 Å². The maximum absolute atomic E-state index is 3.70. The van der Waals surface area contributed by atoms with Gasteiger partial charge in [0.15, 0.2) is 0 Å². The highest BCUT2D eigenvalue weighted by Gasteiger charge is 1.97. The van der Waals surface area contributed by atoms with E-state index in [1.54, 1.807) is 6.20 Å². The molecule has 0 amide bonds. The van der Waals surface area contributed by atoms with Crippen molar-refractivity contribution in [3.05, 3.63) is 6.58 Å². The van der Waals surface area contributed by atoms with Gasteiger partial charge in [0.1, 0.15) is 0 Å². The van der Waals surface area contributed by atoms with Crippen LogP contribution in [0.15, 0.2) is 11.7 Å². The summed E-state index contributed by atoms with van der Waals surface area (Å²) in [4.78, 5) is 0. The highest BCUT2D eigenvalue weighted by molar-refractivity contribution is 7.98. The summed E-state index contributed by atoms with van der Waals surface area (Å²) in [6.45, 7) is 3.52. The number of hydrogen-bond acceptors (Lipinski definition) is 4. The second-order valence-electron chi connectivity index (χ2n) is 1.29. The summed E-state index contributed by atoms with van der Waals surface area (Å²) in [6, 6.07) is 0. The average Bonchev–Trinajstić information content (AvgIpc) is 2.33. The molecule has 1 rings (SSSR count). The van der Waals surface area contributed by atoms with E-state index in [0.29, 0.717) is 0 Å². The molecule has 9 heavy (non-hydrogen) atoms. The first-order valence-corrected chi connectivity index (χ1v) is 3.55. The molecule has 0 unspecified atom stereocenters. The molecule has 0 fully saturated rings. The molecule has 0 saturated carbocycles. The molecule has 1 heterocycles. The molecule has 0 radical (unpaired) electrons. The molecule has 1 aromatic heterocycles. The number of thioether (sulfide) groups is 1. The third-order valence-corrected chi connectivity index (χ3v) is 1.45. The summed E-state index contributed by atoms with van der Waals surface area (Å²) >= 11 is 1.48. The van der Waals surface area contributed by atoms with Crippen LogP contribution in [0.5, 0.6) is 0 Å². The minimum Gasteiger partial charge on any atom is -0.196 e. The van der Waals surface area contributed by atoms with E-state index in [-0.39, 0.29) is 0 Å². The average molecular weight is 142 g/mol. The van der Waals surface area contributed by atoms with Gasteiger partial charge in [-0.25, -0.2) is 0 Å². The monoisotopic (exact) mass is 142 g/mol. The number of rotatable bonds is 2. The zero-order chi connectivity index (χ0) is 6.69. The Balaban J connectivity index is 2.98. The van der Waals surface area contributed by atoms with Gasteiger partial charge in [-0.1, -0.05) is 18.3 Å². The van der Waals surface area contributed by atoms with Gasteiger partial charge in [0.25, 0.3) is 0 Å². The zero-order valence-electron chi connectivity index (χ0n) is 4.98. The summed E-state index contributed by atoms with van der Waals surface area (Å²) in [7, 11) is 0. The van der Waals surface area contributed by atoms with Crippen molar-refractivity contribution >= 4 is 18.0 Å². The number of nitrogens with zero attached hydrogens (tertiary/aromatic N) is 4. The molecule has 0 aliphatic rings. The lowest BCUT2D eigenvalue weighted by molar-refractivity contribution is 0.797. The summed E-state index contributed by atoms with van der Waals surface area (Å²) in [6.07, 6.45) is 3.47. The van der Waals surface area contributed by atoms with Gasteiger partial charge in [-0.3, -0.25) is 0 Å². The van der Waals surface area contributed by atoms with Crippen molar-refractivity contribution < 1.29 is 0 Å². The fraction of sp³-hybridized carbons (Fsp3) is 0.250. The Labute approximate surface area is 56.9 Å². The first-order valence-electron chi connectivity index (χ1n) is 2.33. The van der Waals surface area contributed by atoms with E-state index in [1.807, 2.05) is 6.26 Å². The topological polar surface area (TPSA) is 43.6 Å². The van der Waals surface area contributed by atoms with Gasteiger partial charge in [0.05, 0.1) is 0 Å². The molecule has 0 aromatic carbocycles. The van der Waals surface area contributed by atoms with Gasteiger partial charge in [-0.05, 0) is 16.7 Å².